The van der Waals surface area contributed by atoms with Crippen molar-refractivity contribution >= 4 is 35.0 Å². The first-order valence-electron chi connectivity index (χ1n) is 4.60. The van der Waals surface area contributed by atoms with Crippen molar-refractivity contribution in [3.63, 3.8) is 0 Å². The van der Waals surface area contributed by atoms with Crippen LogP contribution in [-0.4, -0.2) is 9.97 Å². The molecule has 0 aromatic carbocycles. The van der Waals surface area contributed by atoms with Gasteiger partial charge in [0.1, 0.15) is 10.2 Å². The number of halogens is 2. The Morgan fingerprint density at radius 1 is 1.12 bits per heavy atom. The van der Waals surface area contributed by atoms with Gasteiger partial charge in [0.15, 0.2) is 0 Å². The Bertz CT molecular complexity index is 491. The summed E-state index contributed by atoms with van der Waals surface area (Å²) in [7, 11) is 0. The van der Waals surface area contributed by atoms with Crippen molar-refractivity contribution < 1.29 is 0 Å². The normalized spacial score (nSPS) is 10.4. The van der Waals surface area contributed by atoms with E-state index in [4.69, 9.17) is 23.2 Å². The minimum Gasteiger partial charge on any atom is -0.248 e. The highest BCUT2D eigenvalue weighted by atomic mass is 35.5. The largest absolute Gasteiger partial charge is 0.248 e. The van der Waals surface area contributed by atoms with Crippen molar-refractivity contribution in [3.8, 4) is 0 Å². The molecular formula is C11H8Cl2N2S. The highest BCUT2D eigenvalue weighted by molar-refractivity contribution is 7.98. The molecule has 2 aromatic rings. The third kappa shape index (κ3) is 3.11. The molecule has 82 valence electrons. The Balaban J connectivity index is 2.05. The molecule has 0 aliphatic rings. The van der Waals surface area contributed by atoms with Crippen molar-refractivity contribution in [2.45, 2.75) is 10.8 Å². The summed E-state index contributed by atoms with van der Waals surface area (Å²) in [4.78, 5) is 8.38. The van der Waals surface area contributed by atoms with Crippen LogP contribution in [-0.2, 0) is 5.75 Å². The molecule has 0 spiro atoms. The molecule has 2 aromatic heterocycles. The van der Waals surface area contributed by atoms with Crippen LogP contribution >= 0.6 is 35.0 Å². The molecule has 0 bridgehead atoms. The van der Waals surface area contributed by atoms with Crippen LogP contribution in [0.1, 0.15) is 5.69 Å². The van der Waals surface area contributed by atoms with Crippen molar-refractivity contribution in [1.29, 1.82) is 0 Å². The van der Waals surface area contributed by atoms with Gasteiger partial charge in [-0.15, -0.1) is 0 Å². The molecule has 0 radical (unpaired) electrons. The fourth-order valence-electron chi connectivity index (χ4n) is 1.15. The average molecular weight is 271 g/mol. The van der Waals surface area contributed by atoms with E-state index < -0.39 is 0 Å². The van der Waals surface area contributed by atoms with E-state index in [0.717, 1.165) is 10.7 Å². The number of hydrogen-bond donors (Lipinski definition) is 0. The summed E-state index contributed by atoms with van der Waals surface area (Å²) in [5.41, 5.74) is 0.916. The molecule has 0 unspecified atom stereocenters. The van der Waals surface area contributed by atoms with Gasteiger partial charge >= 0.3 is 0 Å². The van der Waals surface area contributed by atoms with Gasteiger partial charge in [-0.25, -0.2) is 9.97 Å². The van der Waals surface area contributed by atoms with E-state index in [0.29, 0.717) is 15.9 Å². The lowest BCUT2D eigenvalue weighted by atomic mass is 10.4. The molecule has 2 rings (SSSR count). The number of rotatable bonds is 3. The maximum Gasteiger partial charge on any atom is 0.129 e. The summed E-state index contributed by atoms with van der Waals surface area (Å²) in [6, 6.07) is 9.19. The topological polar surface area (TPSA) is 25.8 Å². The standard InChI is InChI=1S/C11H8Cl2N2S/c12-9-4-2-6-14-11(9)16-7-8-3-1-5-10(13)15-8/h1-6H,7H2. The lowest BCUT2D eigenvalue weighted by molar-refractivity contribution is 1.12. The number of aromatic nitrogens is 2. The van der Waals surface area contributed by atoms with E-state index >= 15 is 0 Å². The fourth-order valence-corrected chi connectivity index (χ4v) is 2.40. The number of thioether (sulfide) groups is 1. The zero-order valence-electron chi connectivity index (χ0n) is 8.23. The minimum atomic E-state index is 0.505. The summed E-state index contributed by atoms with van der Waals surface area (Å²) < 4.78 is 0. The van der Waals surface area contributed by atoms with Gasteiger partial charge in [-0.3, -0.25) is 0 Å². The second-order valence-corrected chi connectivity index (χ2v) is 4.79. The molecule has 0 amide bonds. The number of pyridine rings is 2. The van der Waals surface area contributed by atoms with Gasteiger partial charge in [0.25, 0.3) is 0 Å². The van der Waals surface area contributed by atoms with Crippen LogP contribution in [0, 0.1) is 0 Å². The highest BCUT2D eigenvalue weighted by Crippen LogP contribution is 2.26. The monoisotopic (exact) mass is 270 g/mol. The zero-order valence-corrected chi connectivity index (χ0v) is 10.6. The summed E-state index contributed by atoms with van der Waals surface area (Å²) in [6.07, 6.45) is 1.72. The summed E-state index contributed by atoms with van der Waals surface area (Å²) >= 11 is 13.3. The molecule has 0 N–H and O–H groups in total. The lowest BCUT2D eigenvalue weighted by Crippen LogP contribution is -1.88. The third-order valence-electron chi connectivity index (χ3n) is 1.85. The smallest absolute Gasteiger partial charge is 0.129 e. The van der Waals surface area contributed by atoms with E-state index in [-0.39, 0.29) is 0 Å². The van der Waals surface area contributed by atoms with Crippen LogP contribution in [0.3, 0.4) is 0 Å². The second-order valence-electron chi connectivity index (χ2n) is 3.03. The predicted molar refractivity (Wildman–Crippen MR) is 68.1 cm³/mol. The number of hydrogen-bond acceptors (Lipinski definition) is 3. The molecular weight excluding hydrogens is 263 g/mol. The first kappa shape index (κ1) is 11.7. The molecule has 0 fully saturated rings. The van der Waals surface area contributed by atoms with Gasteiger partial charge in [-0.05, 0) is 24.3 Å². The van der Waals surface area contributed by atoms with Gasteiger partial charge in [0.05, 0.1) is 10.7 Å². The van der Waals surface area contributed by atoms with Crippen molar-refractivity contribution in [3.05, 3.63) is 52.4 Å². The van der Waals surface area contributed by atoms with Crippen LogP contribution in [0.2, 0.25) is 10.2 Å². The molecule has 0 aliphatic heterocycles. The van der Waals surface area contributed by atoms with Crippen LogP contribution in [0.25, 0.3) is 0 Å². The van der Waals surface area contributed by atoms with Gasteiger partial charge in [0, 0.05) is 11.9 Å². The maximum atomic E-state index is 5.99. The molecule has 0 atom stereocenters. The van der Waals surface area contributed by atoms with Crippen LogP contribution < -0.4 is 0 Å². The molecule has 2 nitrogen and oxygen atoms in total. The van der Waals surface area contributed by atoms with Crippen molar-refractivity contribution in [1.82, 2.24) is 9.97 Å². The lowest BCUT2D eigenvalue weighted by Gasteiger charge is -2.02. The van der Waals surface area contributed by atoms with Gasteiger partial charge in [-0.2, -0.15) is 0 Å². The summed E-state index contributed by atoms with van der Waals surface area (Å²) in [5.74, 6) is 0.706. The predicted octanol–water partition coefficient (Wildman–Crippen LogP) is 4.08. The molecule has 2 heterocycles. The summed E-state index contributed by atoms with van der Waals surface area (Å²) in [6.45, 7) is 0. The quantitative estimate of drug-likeness (QED) is 0.621. The second kappa shape index (κ2) is 5.53. The maximum absolute atomic E-state index is 5.99. The van der Waals surface area contributed by atoms with E-state index in [9.17, 15) is 0 Å². The van der Waals surface area contributed by atoms with Gasteiger partial charge in [-0.1, -0.05) is 41.0 Å². The molecule has 0 saturated carbocycles. The average Bonchev–Trinajstić information content (AvgIpc) is 2.28. The first-order chi connectivity index (χ1) is 7.75. The van der Waals surface area contributed by atoms with E-state index in [1.165, 1.54) is 0 Å². The van der Waals surface area contributed by atoms with Crippen molar-refractivity contribution in [2.75, 3.05) is 0 Å². The van der Waals surface area contributed by atoms with Crippen LogP contribution in [0.4, 0.5) is 0 Å². The Kier molecular flexibility index (Phi) is 4.04. The van der Waals surface area contributed by atoms with E-state index in [1.54, 1.807) is 24.0 Å². The SMILES string of the molecule is Clc1cccc(CSc2ncccc2Cl)n1. The molecule has 5 heteroatoms. The zero-order chi connectivity index (χ0) is 11.4. The van der Waals surface area contributed by atoms with Crippen molar-refractivity contribution in [2.24, 2.45) is 0 Å². The molecule has 0 aliphatic carbocycles. The Morgan fingerprint density at radius 2 is 2.00 bits per heavy atom. The fraction of sp³-hybridized carbons (Fsp3) is 0.0909. The van der Waals surface area contributed by atoms with Gasteiger partial charge in [0.2, 0.25) is 0 Å². The molecule has 16 heavy (non-hydrogen) atoms. The Hall–Kier alpha value is -0.770. The Morgan fingerprint density at radius 3 is 2.75 bits per heavy atom. The van der Waals surface area contributed by atoms with E-state index in [2.05, 4.69) is 9.97 Å². The van der Waals surface area contributed by atoms with Gasteiger partial charge < -0.3 is 0 Å². The summed E-state index contributed by atoms with van der Waals surface area (Å²) in [5, 5.41) is 1.98. The van der Waals surface area contributed by atoms with E-state index in [1.807, 2.05) is 24.3 Å². The Labute approximate surface area is 108 Å². The number of nitrogens with zero attached hydrogens (tertiary/aromatic N) is 2. The first-order valence-corrected chi connectivity index (χ1v) is 6.34. The highest BCUT2D eigenvalue weighted by Gasteiger charge is 2.03. The molecule has 0 saturated heterocycles. The third-order valence-corrected chi connectivity index (χ3v) is 3.52. The van der Waals surface area contributed by atoms with Crippen LogP contribution in [0.5, 0.6) is 0 Å². The van der Waals surface area contributed by atoms with Crippen LogP contribution in [0.15, 0.2) is 41.6 Å². The minimum absolute atomic E-state index is 0.505.